The minimum absolute atomic E-state index is 0.208. The highest BCUT2D eigenvalue weighted by molar-refractivity contribution is 8.00. The predicted molar refractivity (Wildman–Crippen MR) is 158 cm³/mol. The molecule has 3 heterocycles. The van der Waals surface area contributed by atoms with Gasteiger partial charge in [-0.3, -0.25) is 23.7 Å². The Morgan fingerprint density at radius 2 is 1.65 bits per heavy atom. The zero-order chi connectivity index (χ0) is 28.1. The van der Waals surface area contributed by atoms with E-state index in [2.05, 4.69) is 5.32 Å². The largest absolute Gasteiger partial charge is 0.325 e. The molecule has 7 nitrogen and oxygen atoms in total. The summed E-state index contributed by atoms with van der Waals surface area (Å²) in [5, 5.41) is 3.19. The van der Waals surface area contributed by atoms with Gasteiger partial charge in [-0.05, 0) is 61.4 Å². The minimum atomic E-state index is -0.748. The third-order valence-electron chi connectivity index (χ3n) is 7.17. The molecule has 10 heteroatoms. The highest BCUT2D eigenvalue weighted by Crippen LogP contribution is 2.53. The van der Waals surface area contributed by atoms with E-state index in [1.807, 2.05) is 56.3 Å². The molecule has 1 aromatic heterocycles. The van der Waals surface area contributed by atoms with Crippen LogP contribution in [-0.2, 0) is 20.9 Å². The van der Waals surface area contributed by atoms with Gasteiger partial charge >= 0.3 is 4.87 Å². The summed E-state index contributed by atoms with van der Waals surface area (Å²) in [6.45, 7) is 3.66. The summed E-state index contributed by atoms with van der Waals surface area (Å²) in [5.41, 5.74) is 3.95. The van der Waals surface area contributed by atoms with Gasteiger partial charge in [0.2, 0.25) is 17.7 Å². The first kappa shape index (κ1) is 26.6. The van der Waals surface area contributed by atoms with Crippen molar-refractivity contribution >= 4 is 63.8 Å². The van der Waals surface area contributed by atoms with Crippen molar-refractivity contribution in [3.05, 3.63) is 109 Å². The molecule has 0 aliphatic carbocycles. The number of aromatic nitrogens is 1. The quantitative estimate of drug-likeness (QED) is 0.306. The maximum Gasteiger partial charge on any atom is 0.308 e. The molecular formula is C30H24ClN3O4S2. The topological polar surface area (TPSA) is 88.5 Å². The fraction of sp³-hybridized carbons (Fsp3) is 0.200. The van der Waals surface area contributed by atoms with Crippen LogP contribution in [0.1, 0.15) is 27.5 Å². The molecule has 3 amide bonds. The molecule has 40 heavy (non-hydrogen) atoms. The van der Waals surface area contributed by atoms with E-state index in [4.69, 9.17) is 11.6 Å². The van der Waals surface area contributed by atoms with Gasteiger partial charge in [0.25, 0.3) is 0 Å². The molecule has 3 atom stereocenters. The predicted octanol–water partition coefficient (Wildman–Crippen LogP) is 5.61. The number of imide groups is 1. The lowest BCUT2D eigenvalue weighted by molar-refractivity contribution is -0.122. The monoisotopic (exact) mass is 589 g/mol. The number of anilines is 2. The van der Waals surface area contributed by atoms with Gasteiger partial charge in [-0.1, -0.05) is 76.7 Å². The molecule has 4 aromatic rings. The van der Waals surface area contributed by atoms with Gasteiger partial charge in [-0.2, -0.15) is 0 Å². The lowest BCUT2D eigenvalue weighted by atomic mass is 9.83. The molecule has 6 rings (SSSR count). The van der Waals surface area contributed by atoms with Crippen LogP contribution in [0.15, 0.2) is 82.6 Å². The first-order valence-electron chi connectivity index (χ1n) is 12.7. The number of rotatable bonds is 5. The normalized spacial score (nSPS) is 19.9. The van der Waals surface area contributed by atoms with Crippen LogP contribution in [-0.4, -0.2) is 27.5 Å². The van der Waals surface area contributed by atoms with Crippen molar-refractivity contribution < 1.29 is 14.4 Å². The number of carbonyl (C=O) groups is 3. The van der Waals surface area contributed by atoms with Gasteiger partial charge in [-0.15, -0.1) is 0 Å². The Labute approximate surface area is 243 Å². The highest BCUT2D eigenvalue weighted by Gasteiger charge is 2.56. The second kappa shape index (κ2) is 10.4. The van der Waals surface area contributed by atoms with Gasteiger partial charge in [0, 0.05) is 21.5 Å². The summed E-state index contributed by atoms with van der Waals surface area (Å²) >= 11 is 8.38. The average molecular weight is 590 g/mol. The molecular weight excluding hydrogens is 566 g/mol. The van der Waals surface area contributed by atoms with Gasteiger partial charge in [0.05, 0.1) is 16.6 Å². The number of hydrogen-bond donors (Lipinski definition) is 1. The molecule has 202 valence electrons. The molecule has 0 saturated carbocycles. The number of amides is 3. The highest BCUT2D eigenvalue weighted by atomic mass is 35.5. The summed E-state index contributed by atoms with van der Waals surface area (Å²) in [5.74, 6) is -2.23. The summed E-state index contributed by atoms with van der Waals surface area (Å²) in [7, 11) is 0. The molecule has 1 fully saturated rings. The van der Waals surface area contributed by atoms with Crippen molar-refractivity contribution in [2.75, 3.05) is 10.2 Å². The fourth-order valence-electron chi connectivity index (χ4n) is 5.30. The van der Waals surface area contributed by atoms with Crippen molar-refractivity contribution in [1.82, 2.24) is 4.57 Å². The molecule has 1 saturated heterocycles. The van der Waals surface area contributed by atoms with Crippen molar-refractivity contribution in [2.24, 2.45) is 5.92 Å². The Morgan fingerprint density at radius 1 is 0.925 bits per heavy atom. The van der Waals surface area contributed by atoms with Crippen LogP contribution in [0, 0.1) is 19.8 Å². The standard InChI is InChI=1S/C30H24ClN3O4S2/c1-16-6-12-21(13-7-16)34-27(36)24-23(18-8-10-19(31)11-9-18)26-29(39-25(24)28(34)37)33(30(38)40-26)15-22(35)32-20-5-3-4-17(2)14-20/h3-14,23-25H,15H2,1-2H3,(H,32,35). The number of hydrogen-bond acceptors (Lipinski definition) is 6. The van der Waals surface area contributed by atoms with Crippen molar-refractivity contribution in [3.8, 4) is 0 Å². The average Bonchev–Trinajstić information content (AvgIpc) is 3.36. The third-order valence-corrected chi connectivity index (χ3v) is 10.0. The van der Waals surface area contributed by atoms with E-state index in [1.165, 1.54) is 21.2 Å². The van der Waals surface area contributed by atoms with Crippen molar-refractivity contribution in [3.63, 3.8) is 0 Å². The summed E-state index contributed by atoms with van der Waals surface area (Å²) in [6, 6.07) is 21.8. The number of nitrogens with one attached hydrogen (secondary N) is 1. The second-order valence-corrected chi connectivity index (χ2v) is 12.5. The van der Waals surface area contributed by atoms with E-state index in [-0.39, 0.29) is 29.1 Å². The maximum absolute atomic E-state index is 13.9. The van der Waals surface area contributed by atoms with Crippen LogP contribution in [0.5, 0.6) is 0 Å². The van der Waals surface area contributed by atoms with Crippen molar-refractivity contribution in [1.29, 1.82) is 0 Å². The van der Waals surface area contributed by atoms with Crippen LogP contribution in [0.4, 0.5) is 11.4 Å². The molecule has 1 N–H and O–H groups in total. The van der Waals surface area contributed by atoms with Crippen LogP contribution >= 0.6 is 34.7 Å². The van der Waals surface area contributed by atoms with Crippen LogP contribution in [0.3, 0.4) is 0 Å². The van der Waals surface area contributed by atoms with Crippen molar-refractivity contribution in [2.45, 2.75) is 36.6 Å². The molecule has 3 unspecified atom stereocenters. The Morgan fingerprint density at radius 3 is 2.35 bits per heavy atom. The van der Waals surface area contributed by atoms with Crippen LogP contribution < -0.4 is 15.1 Å². The van der Waals surface area contributed by atoms with Gasteiger partial charge in [0.15, 0.2) is 0 Å². The minimum Gasteiger partial charge on any atom is -0.325 e. The molecule has 2 aliphatic heterocycles. The number of thioether (sulfide) groups is 1. The number of thiazole rings is 1. The smallest absolute Gasteiger partial charge is 0.308 e. The van der Waals surface area contributed by atoms with Gasteiger partial charge in [-0.25, -0.2) is 4.90 Å². The lowest BCUT2D eigenvalue weighted by Gasteiger charge is -2.30. The Kier molecular flexibility index (Phi) is 6.90. The van der Waals surface area contributed by atoms with Gasteiger partial charge < -0.3 is 5.32 Å². The van der Waals surface area contributed by atoms with E-state index < -0.39 is 17.1 Å². The lowest BCUT2D eigenvalue weighted by Crippen LogP contribution is -2.33. The number of halogens is 1. The number of aryl methyl sites for hydroxylation is 2. The van der Waals surface area contributed by atoms with E-state index in [0.29, 0.717) is 26.3 Å². The molecule has 2 aliphatic rings. The Hall–Kier alpha value is -3.66. The third kappa shape index (κ3) is 4.68. The van der Waals surface area contributed by atoms with E-state index >= 15 is 0 Å². The first-order valence-corrected chi connectivity index (χ1v) is 14.8. The van der Waals surface area contributed by atoms with Crippen LogP contribution in [0.2, 0.25) is 5.02 Å². The fourth-order valence-corrected chi connectivity index (χ4v) is 8.20. The molecule has 0 spiro atoms. The molecule has 0 radical (unpaired) electrons. The molecule has 3 aromatic carbocycles. The van der Waals surface area contributed by atoms with E-state index in [0.717, 1.165) is 28.0 Å². The van der Waals surface area contributed by atoms with Gasteiger partial charge in [0.1, 0.15) is 11.8 Å². The van der Waals surface area contributed by atoms with Crippen LogP contribution in [0.25, 0.3) is 0 Å². The Bertz CT molecular complexity index is 1710. The van der Waals surface area contributed by atoms with E-state index in [9.17, 15) is 19.2 Å². The summed E-state index contributed by atoms with van der Waals surface area (Å²) in [6.07, 6.45) is 0. The number of benzene rings is 3. The Balaban J connectivity index is 1.41. The second-order valence-electron chi connectivity index (χ2n) is 9.98. The number of fused-ring (bicyclic) bond motifs is 2. The summed E-state index contributed by atoms with van der Waals surface area (Å²) < 4.78 is 1.42. The first-order chi connectivity index (χ1) is 19.2. The number of nitrogens with zero attached hydrogens (tertiary/aromatic N) is 2. The zero-order valence-electron chi connectivity index (χ0n) is 21.6. The summed E-state index contributed by atoms with van der Waals surface area (Å²) in [4.78, 5) is 55.6. The SMILES string of the molecule is Cc1ccc(N2C(=O)C3Sc4c(sc(=O)n4CC(=O)Nc4cccc(C)c4)C(c4ccc(Cl)cc4)C3C2=O)cc1. The molecule has 0 bridgehead atoms. The maximum atomic E-state index is 13.9. The van der Waals surface area contributed by atoms with E-state index in [1.54, 1.807) is 30.3 Å². The zero-order valence-corrected chi connectivity index (χ0v) is 24.0. The number of carbonyl (C=O) groups excluding carboxylic acids is 3.